The van der Waals surface area contributed by atoms with Gasteiger partial charge in [-0.15, -0.1) is 0 Å². The molecule has 0 aliphatic carbocycles. The predicted octanol–water partition coefficient (Wildman–Crippen LogP) is 2.66. The summed E-state index contributed by atoms with van der Waals surface area (Å²) in [4.78, 5) is 11.6. The van der Waals surface area contributed by atoms with E-state index < -0.39 is 0 Å². The monoisotopic (exact) mass is 313 g/mol. The summed E-state index contributed by atoms with van der Waals surface area (Å²) >= 11 is 3.37. The molecule has 1 amide bonds. The van der Waals surface area contributed by atoms with Crippen LogP contribution in [-0.2, 0) is 11.2 Å². The standard InChI is InChI=1S/C14H20BrNO2/c15-13-7-5-12(6-8-13)11-14(18)16-9-3-1-2-4-10-17/h5-8,17H,1-4,9-11H2,(H,16,18). The van der Waals surface area contributed by atoms with E-state index in [4.69, 9.17) is 5.11 Å². The first-order chi connectivity index (χ1) is 8.72. The molecule has 0 unspecified atom stereocenters. The van der Waals surface area contributed by atoms with Crippen LogP contribution in [-0.4, -0.2) is 24.2 Å². The van der Waals surface area contributed by atoms with Crippen LogP contribution in [0, 0.1) is 0 Å². The van der Waals surface area contributed by atoms with Crippen molar-refractivity contribution in [1.29, 1.82) is 0 Å². The molecule has 1 aromatic rings. The van der Waals surface area contributed by atoms with Crippen LogP contribution in [0.4, 0.5) is 0 Å². The van der Waals surface area contributed by atoms with Crippen LogP contribution in [0.15, 0.2) is 28.7 Å². The molecule has 0 radical (unpaired) electrons. The third kappa shape index (κ3) is 6.77. The van der Waals surface area contributed by atoms with Crippen molar-refractivity contribution in [1.82, 2.24) is 5.32 Å². The molecule has 18 heavy (non-hydrogen) atoms. The average Bonchev–Trinajstić information content (AvgIpc) is 2.36. The highest BCUT2D eigenvalue weighted by Gasteiger charge is 2.02. The first-order valence-electron chi connectivity index (χ1n) is 6.34. The van der Waals surface area contributed by atoms with Crippen molar-refractivity contribution in [3.8, 4) is 0 Å². The summed E-state index contributed by atoms with van der Waals surface area (Å²) in [6.45, 7) is 0.983. The van der Waals surface area contributed by atoms with Crippen LogP contribution >= 0.6 is 15.9 Å². The fourth-order valence-electron chi connectivity index (χ4n) is 1.67. The Kier molecular flexibility index (Phi) is 7.69. The zero-order valence-corrected chi connectivity index (χ0v) is 12.1. The van der Waals surface area contributed by atoms with E-state index in [1.165, 1.54) is 0 Å². The van der Waals surface area contributed by atoms with Gasteiger partial charge in [0, 0.05) is 17.6 Å². The number of unbranched alkanes of at least 4 members (excludes halogenated alkanes) is 3. The number of carbonyl (C=O) groups is 1. The minimum Gasteiger partial charge on any atom is -0.396 e. The Hall–Kier alpha value is -0.870. The first kappa shape index (κ1) is 15.2. The van der Waals surface area contributed by atoms with Crippen LogP contribution in [0.2, 0.25) is 0 Å². The summed E-state index contributed by atoms with van der Waals surface area (Å²) in [5.74, 6) is 0.0690. The van der Waals surface area contributed by atoms with Gasteiger partial charge >= 0.3 is 0 Å². The Morgan fingerprint density at radius 3 is 2.44 bits per heavy atom. The Bertz CT molecular complexity index is 351. The number of carbonyl (C=O) groups excluding carboxylic acids is 1. The molecular weight excluding hydrogens is 294 g/mol. The molecule has 100 valence electrons. The molecule has 0 fully saturated rings. The Morgan fingerprint density at radius 2 is 1.78 bits per heavy atom. The Labute approximate surface area is 117 Å². The molecular formula is C14H20BrNO2. The summed E-state index contributed by atoms with van der Waals surface area (Å²) in [5.41, 5.74) is 1.02. The van der Waals surface area contributed by atoms with E-state index in [1.807, 2.05) is 24.3 Å². The van der Waals surface area contributed by atoms with Crippen LogP contribution in [0.3, 0.4) is 0 Å². The third-order valence-corrected chi connectivity index (χ3v) is 3.21. The lowest BCUT2D eigenvalue weighted by molar-refractivity contribution is -0.120. The van der Waals surface area contributed by atoms with E-state index in [9.17, 15) is 4.79 Å². The molecule has 0 saturated heterocycles. The molecule has 4 heteroatoms. The zero-order chi connectivity index (χ0) is 13.2. The maximum Gasteiger partial charge on any atom is 0.224 e. The molecule has 1 aromatic carbocycles. The second-order valence-electron chi connectivity index (χ2n) is 4.29. The van der Waals surface area contributed by atoms with E-state index in [-0.39, 0.29) is 12.5 Å². The van der Waals surface area contributed by atoms with Crippen molar-refractivity contribution in [3.05, 3.63) is 34.3 Å². The van der Waals surface area contributed by atoms with Gasteiger partial charge in [-0.25, -0.2) is 0 Å². The highest BCUT2D eigenvalue weighted by atomic mass is 79.9. The molecule has 0 saturated carbocycles. The molecule has 0 atom stereocenters. The normalized spacial score (nSPS) is 10.3. The van der Waals surface area contributed by atoms with E-state index in [2.05, 4.69) is 21.2 Å². The van der Waals surface area contributed by atoms with Crippen molar-refractivity contribution in [2.75, 3.05) is 13.2 Å². The predicted molar refractivity (Wildman–Crippen MR) is 76.4 cm³/mol. The fourth-order valence-corrected chi connectivity index (χ4v) is 1.93. The van der Waals surface area contributed by atoms with E-state index in [1.54, 1.807) is 0 Å². The van der Waals surface area contributed by atoms with Gasteiger partial charge in [-0.1, -0.05) is 40.9 Å². The van der Waals surface area contributed by atoms with Gasteiger partial charge in [-0.05, 0) is 30.5 Å². The number of nitrogens with one attached hydrogen (secondary N) is 1. The smallest absolute Gasteiger partial charge is 0.224 e. The van der Waals surface area contributed by atoms with Gasteiger partial charge in [0.1, 0.15) is 0 Å². The summed E-state index contributed by atoms with van der Waals surface area (Å²) in [6.07, 6.45) is 4.35. The van der Waals surface area contributed by atoms with Crippen LogP contribution in [0.5, 0.6) is 0 Å². The van der Waals surface area contributed by atoms with Crippen LogP contribution in [0.1, 0.15) is 31.2 Å². The molecule has 0 aliphatic rings. The van der Waals surface area contributed by atoms with Crippen LogP contribution in [0.25, 0.3) is 0 Å². The molecule has 3 nitrogen and oxygen atoms in total. The number of amides is 1. The van der Waals surface area contributed by atoms with Gasteiger partial charge in [-0.3, -0.25) is 4.79 Å². The van der Waals surface area contributed by atoms with Crippen molar-refractivity contribution >= 4 is 21.8 Å². The van der Waals surface area contributed by atoms with Gasteiger partial charge in [-0.2, -0.15) is 0 Å². The van der Waals surface area contributed by atoms with E-state index >= 15 is 0 Å². The van der Waals surface area contributed by atoms with Gasteiger partial charge in [0.2, 0.25) is 5.91 Å². The Balaban J connectivity index is 2.12. The van der Waals surface area contributed by atoms with E-state index in [0.29, 0.717) is 6.42 Å². The largest absolute Gasteiger partial charge is 0.396 e. The number of hydrogen-bond donors (Lipinski definition) is 2. The lowest BCUT2D eigenvalue weighted by Gasteiger charge is -2.05. The number of aliphatic hydroxyl groups excluding tert-OH is 1. The number of aliphatic hydroxyl groups is 1. The molecule has 0 spiro atoms. The third-order valence-electron chi connectivity index (χ3n) is 2.68. The number of hydrogen-bond acceptors (Lipinski definition) is 2. The van der Waals surface area contributed by atoms with Crippen LogP contribution < -0.4 is 5.32 Å². The van der Waals surface area contributed by atoms with Gasteiger partial charge < -0.3 is 10.4 Å². The summed E-state index contributed by atoms with van der Waals surface area (Å²) in [7, 11) is 0. The maximum absolute atomic E-state index is 11.6. The lowest BCUT2D eigenvalue weighted by Crippen LogP contribution is -2.26. The number of benzene rings is 1. The van der Waals surface area contributed by atoms with Crippen molar-refractivity contribution in [2.24, 2.45) is 0 Å². The minimum atomic E-state index is 0.0690. The second-order valence-corrected chi connectivity index (χ2v) is 5.21. The topological polar surface area (TPSA) is 49.3 Å². The van der Waals surface area contributed by atoms with Gasteiger partial charge in [0.05, 0.1) is 6.42 Å². The molecule has 0 aliphatic heterocycles. The second kappa shape index (κ2) is 9.11. The molecule has 0 aromatic heterocycles. The van der Waals surface area contributed by atoms with Gasteiger partial charge in [0.15, 0.2) is 0 Å². The van der Waals surface area contributed by atoms with Gasteiger partial charge in [0.25, 0.3) is 0 Å². The average molecular weight is 314 g/mol. The highest BCUT2D eigenvalue weighted by molar-refractivity contribution is 9.10. The first-order valence-corrected chi connectivity index (χ1v) is 7.13. The van der Waals surface area contributed by atoms with E-state index in [0.717, 1.165) is 42.3 Å². The van der Waals surface area contributed by atoms with Crippen molar-refractivity contribution in [3.63, 3.8) is 0 Å². The lowest BCUT2D eigenvalue weighted by atomic mass is 10.1. The van der Waals surface area contributed by atoms with Crippen molar-refractivity contribution in [2.45, 2.75) is 32.1 Å². The summed E-state index contributed by atoms with van der Waals surface area (Å²) in [6, 6.07) is 7.78. The van der Waals surface area contributed by atoms with Crippen molar-refractivity contribution < 1.29 is 9.90 Å². The summed E-state index contributed by atoms with van der Waals surface area (Å²) in [5, 5.41) is 11.5. The summed E-state index contributed by atoms with van der Waals surface area (Å²) < 4.78 is 1.02. The SMILES string of the molecule is O=C(Cc1ccc(Br)cc1)NCCCCCCO. The quantitative estimate of drug-likeness (QED) is 0.725. The molecule has 0 bridgehead atoms. The number of rotatable bonds is 8. The number of halogens is 1. The molecule has 2 N–H and O–H groups in total. The highest BCUT2D eigenvalue weighted by Crippen LogP contribution is 2.10. The fraction of sp³-hybridized carbons (Fsp3) is 0.500. The minimum absolute atomic E-state index is 0.0690. The maximum atomic E-state index is 11.6. The zero-order valence-electron chi connectivity index (χ0n) is 10.5. The molecule has 1 rings (SSSR count). The Morgan fingerprint density at radius 1 is 1.11 bits per heavy atom. The molecule has 0 heterocycles.